The largest absolute Gasteiger partial charge is 0.351 e. The molecule has 2 aliphatic rings. The van der Waals surface area contributed by atoms with Crippen LogP contribution in [0, 0.1) is 5.92 Å². The molecule has 4 rings (SSSR count). The van der Waals surface area contributed by atoms with Gasteiger partial charge in [0.25, 0.3) is 0 Å². The standard InChI is InChI=1S/C25H30N4O3/c1-17-9-5-6-12-19(17)27-24(31)21(15-18-10-3-2-4-11-18)28-25(32)29-16-23(30)26-20-13-7-8-14-22(20)29/h2-4,7-8,10-11,13-14,17,19,21H,5-6,9,12,15-16H2,1H3,(H,26,30)(H,27,31)(H,28,32)/t17-,19-,21+/m1/s1. The second-order valence-electron chi connectivity index (χ2n) is 8.72. The molecule has 3 N–H and O–H groups in total. The number of urea groups is 1. The summed E-state index contributed by atoms with van der Waals surface area (Å²) in [5.74, 6) is -0.0342. The SMILES string of the molecule is C[C@@H]1CCCC[C@H]1NC(=O)[C@H](Cc1ccccc1)NC(=O)N1CC(=O)Nc2ccccc21. The van der Waals surface area contributed by atoms with E-state index < -0.39 is 12.1 Å². The molecule has 1 fully saturated rings. The van der Waals surface area contributed by atoms with E-state index in [1.807, 2.05) is 36.4 Å². The highest BCUT2D eigenvalue weighted by atomic mass is 16.2. The smallest absolute Gasteiger partial charge is 0.323 e. The summed E-state index contributed by atoms with van der Waals surface area (Å²) >= 11 is 0. The summed E-state index contributed by atoms with van der Waals surface area (Å²) < 4.78 is 0. The Bertz CT molecular complexity index is 978. The summed E-state index contributed by atoms with van der Waals surface area (Å²) in [5, 5.41) is 8.85. The van der Waals surface area contributed by atoms with Crippen molar-refractivity contribution in [3.05, 3.63) is 60.2 Å². The Balaban J connectivity index is 1.52. The third kappa shape index (κ3) is 5.10. The summed E-state index contributed by atoms with van der Waals surface area (Å²) in [5.41, 5.74) is 2.16. The van der Waals surface area contributed by atoms with E-state index >= 15 is 0 Å². The van der Waals surface area contributed by atoms with Gasteiger partial charge in [0, 0.05) is 12.5 Å². The Hall–Kier alpha value is -3.35. The summed E-state index contributed by atoms with van der Waals surface area (Å²) in [6.45, 7) is 2.07. The van der Waals surface area contributed by atoms with Gasteiger partial charge >= 0.3 is 6.03 Å². The zero-order valence-electron chi connectivity index (χ0n) is 18.3. The third-order valence-corrected chi connectivity index (χ3v) is 6.35. The molecule has 3 atom stereocenters. The van der Waals surface area contributed by atoms with E-state index in [1.54, 1.807) is 18.2 Å². The fraction of sp³-hybridized carbons (Fsp3) is 0.400. The van der Waals surface area contributed by atoms with Crippen molar-refractivity contribution in [3.63, 3.8) is 0 Å². The molecule has 2 aromatic rings. The van der Waals surface area contributed by atoms with E-state index in [0.717, 1.165) is 24.8 Å². The Morgan fingerprint density at radius 2 is 1.78 bits per heavy atom. The van der Waals surface area contributed by atoms with Gasteiger partial charge in [-0.1, -0.05) is 62.2 Å². The van der Waals surface area contributed by atoms with Crippen molar-refractivity contribution in [1.82, 2.24) is 10.6 Å². The number of fused-ring (bicyclic) bond motifs is 1. The maximum Gasteiger partial charge on any atom is 0.323 e. The van der Waals surface area contributed by atoms with Gasteiger partial charge in [-0.3, -0.25) is 14.5 Å². The van der Waals surface area contributed by atoms with Crippen LogP contribution in [0.15, 0.2) is 54.6 Å². The van der Waals surface area contributed by atoms with Crippen molar-refractivity contribution in [2.45, 2.75) is 51.1 Å². The number of hydrogen-bond donors (Lipinski definition) is 3. The number of amides is 4. The van der Waals surface area contributed by atoms with Gasteiger partial charge in [-0.15, -0.1) is 0 Å². The number of para-hydroxylation sites is 2. The first-order chi connectivity index (χ1) is 15.5. The molecule has 32 heavy (non-hydrogen) atoms. The van der Waals surface area contributed by atoms with E-state index in [9.17, 15) is 14.4 Å². The summed E-state index contributed by atoms with van der Waals surface area (Å²) in [4.78, 5) is 40.0. The van der Waals surface area contributed by atoms with Crippen LogP contribution in [0.4, 0.5) is 16.2 Å². The van der Waals surface area contributed by atoms with Crippen LogP contribution in [0.25, 0.3) is 0 Å². The Labute approximate surface area is 188 Å². The van der Waals surface area contributed by atoms with Crippen LogP contribution in [0.1, 0.15) is 38.2 Å². The quantitative estimate of drug-likeness (QED) is 0.673. The molecule has 0 saturated heterocycles. The normalized spacial score (nSPS) is 21.2. The van der Waals surface area contributed by atoms with Crippen LogP contribution < -0.4 is 20.9 Å². The van der Waals surface area contributed by atoms with Crippen LogP contribution in [-0.4, -0.2) is 36.5 Å². The van der Waals surface area contributed by atoms with E-state index in [2.05, 4.69) is 22.9 Å². The third-order valence-electron chi connectivity index (χ3n) is 6.35. The Morgan fingerprint density at radius 1 is 1.06 bits per heavy atom. The molecular formula is C25H30N4O3. The lowest BCUT2D eigenvalue weighted by Gasteiger charge is -2.33. The molecule has 0 radical (unpaired) electrons. The minimum atomic E-state index is -0.740. The van der Waals surface area contributed by atoms with E-state index in [4.69, 9.17) is 0 Å². The van der Waals surface area contributed by atoms with Crippen LogP contribution >= 0.6 is 0 Å². The van der Waals surface area contributed by atoms with Crippen molar-refractivity contribution >= 4 is 29.2 Å². The highest BCUT2D eigenvalue weighted by Crippen LogP contribution is 2.29. The molecule has 0 bridgehead atoms. The Kier molecular flexibility index (Phi) is 6.73. The Morgan fingerprint density at radius 3 is 2.56 bits per heavy atom. The highest BCUT2D eigenvalue weighted by molar-refractivity contribution is 6.10. The maximum atomic E-state index is 13.3. The molecule has 168 valence electrons. The number of benzene rings is 2. The van der Waals surface area contributed by atoms with Gasteiger partial charge in [0.15, 0.2) is 0 Å². The van der Waals surface area contributed by atoms with Crippen LogP contribution in [0.2, 0.25) is 0 Å². The van der Waals surface area contributed by atoms with Gasteiger partial charge in [-0.2, -0.15) is 0 Å². The fourth-order valence-electron chi connectivity index (χ4n) is 4.51. The molecule has 1 aliphatic carbocycles. The first-order valence-electron chi connectivity index (χ1n) is 11.3. The van der Waals surface area contributed by atoms with Gasteiger partial charge in [0.2, 0.25) is 11.8 Å². The van der Waals surface area contributed by atoms with E-state index in [-0.39, 0.29) is 24.4 Å². The van der Waals surface area contributed by atoms with Crippen molar-refractivity contribution in [2.75, 3.05) is 16.8 Å². The average Bonchev–Trinajstić information content (AvgIpc) is 2.80. The summed E-state index contributed by atoms with van der Waals surface area (Å²) in [6.07, 6.45) is 4.72. The molecule has 0 aromatic heterocycles. The number of nitrogens with one attached hydrogen (secondary N) is 3. The van der Waals surface area contributed by atoms with Gasteiger partial charge in [-0.05, 0) is 36.5 Å². The van der Waals surface area contributed by atoms with Crippen LogP contribution in [0.3, 0.4) is 0 Å². The van der Waals surface area contributed by atoms with E-state index in [0.29, 0.717) is 23.7 Å². The molecule has 0 unspecified atom stereocenters. The van der Waals surface area contributed by atoms with Crippen molar-refractivity contribution in [3.8, 4) is 0 Å². The van der Waals surface area contributed by atoms with Gasteiger partial charge < -0.3 is 16.0 Å². The lowest BCUT2D eigenvalue weighted by atomic mass is 9.85. The fourth-order valence-corrected chi connectivity index (χ4v) is 4.51. The first-order valence-corrected chi connectivity index (χ1v) is 11.3. The number of nitrogens with zero attached hydrogens (tertiary/aromatic N) is 1. The van der Waals surface area contributed by atoms with Crippen molar-refractivity contribution < 1.29 is 14.4 Å². The molecule has 2 aromatic carbocycles. The summed E-state index contributed by atoms with van der Waals surface area (Å²) in [7, 11) is 0. The predicted molar refractivity (Wildman–Crippen MR) is 124 cm³/mol. The minimum absolute atomic E-state index is 0.0951. The number of rotatable bonds is 5. The molecule has 4 amide bonds. The van der Waals surface area contributed by atoms with Crippen molar-refractivity contribution in [2.24, 2.45) is 5.92 Å². The molecule has 1 heterocycles. The minimum Gasteiger partial charge on any atom is -0.351 e. The number of carbonyl (C=O) groups is 3. The second kappa shape index (κ2) is 9.85. The molecule has 1 aliphatic heterocycles. The zero-order chi connectivity index (χ0) is 22.5. The van der Waals surface area contributed by atoms with Crippen LogP contribution in [-0.2, 0) is 16.0 Å². The molecular weight excluding hydrogens is 404 g/mol. The van der Waals surface area contributed by atoms with Gasteiger partial charge in [0.1, 0.15) is 12.6 Å². The van der Waals surface area contributed by atoms with Crippen molar-refractivity contribution in [1.29, 1.82) is 0 Å². The van der Waals surface area contributed by atoms with Gasteiger partial charge in [0.05, 0.1) is 11.4 Å². The van der Waals surface area contributed by atoms with Gasteiger partial charge in [-0.25, -0.2) is 4.79 Å². The predicted octanol–water partition coefficient (Wildman–Crippen LogP) is 3.46. The number of carbonyl (C=O) groups excluding carboxylic acids is 3. The zero-order valence-corrected chi connectivity index (χ0v) is 18.3. The second-order valence-corrected chi connectivity index (χ2v) is 8.72. The lowest BCUT2D eigenvalue weighted by Crippen LogP contribution is -2.56. The highest BCUT2D eigenvalue weighted by Gasteiger charge is 2.31. The molecule has 0 spiro atoms. The lowest BCUT2D eigenvalue weighted by molar-refractivity contribution is -0.124. The molecule has 1 saturated carbocycles. The molecule has 7 heteroatoms. The maximum absolute atomic E-state index is 13.3. The average molecular weight is 435 g/mol. The topological polar surface area (TPSA) is 90.5 Å². The first kappa shape index (κ1) is 21.9. The monoisotopic (exact) mass is 434 g/mol. The van der Waals surface area contributed by atoms with Crippen LogP contribution in [0.5, 0.6) is 0 Å². The molecule has 7 nitrogen and oxygen atoms in total. The summed E-state index contributed by atoms with van der Waals surface area (Å²) in [6, 6.07) is 15.7. The number of anilines is 2. The number of hydrogen-bond acceptors (Lipinski definition) is 3. The van der Waals surface area contributed by atoms with E-state index in [1.165, 1.54) is 11.3 Å².